The van der Waals surface area contributed by atoms with Gasteiger partial charge in [-0.1, -0.05) is 19.7 Å². The summed E-state index contributed by atoms with van der Waals surface area (Å²) in [5, 5.41) is 0. The van der Waals surface area contributed by atoms with E-state index in [0.29, 0.717) is 6.10 Å². The van der Waals surface area contributed by atoms with Gasteiger partial charge in [-0.05, 0) is 20.0 Å². The molecule has 4 nitrogen and oxygen atoms in total. The van der Waals surface area contributed by atoms with Gasteiger partial charge in [-0.3, -0.25) is 9.62 Å². The number of thiol groups is 1. The van der Waals surface area contributed by atoms with Crippen LogP contribution in [0, 0.1) is 0 Å². The van der Waals surface area contributed by atoms with Crippen LogP contribution in [0.4, 0.5) is 0 Å². The van der Waals surface area contributed by atoms with E-state index in [9.17, 15) is 0 Å². The van der Waals surface area contributed by atoms with Crippen molar-refractivity contribution in [3.63, 3.8) is 0 Å². The van der Waals surface area contributed by atoms with E-state index in [4.69, 9.17) is 4.74 Å². The fourth-order valence-electron chi connectivity index (χ4n) is 1.85. The first-order valence-corrected chi connectivity index (χ1v) is 6.60. The van der Waals surface area contributed by atoms with Crippen molar-refractivity contribution in [2.75, 3.05) is 52.9 Å². The molecule has 16 heavy (non-hydrogen) atoms. The molecule has 1 aliphatic heterocycles. The Balaban J connectivity index is 2.17. The largest absolute Gasteiger partial charge is 0.376 e. The molecule has 1 saturated heterocycles. The summed E-state index contributed by atoms with van der Waals surface area (Å²) in [6, 6.07) is 0. The summed E-state index contributed by atoms with van der Waals surface area (Å²) >= 11 is 4.00. The van der Waals surface area contributed by atoms with Gasteiger partial charge in [0.05, 0.1) is 12.7 Å². The van der Waals surface area contributed by atoms with Crippen LogP contribution in [0.25, 0.3) is 0 Å². The number of morpholine rings is 1. The minimum atomic E-state index is 0.375. The summed E-state index contributed by atoms with van der Waals surface area (Å²) in [7, 11) is 2.17. The van der Waals surface area contributed by atoms with Crippen LogP contribution in [0.3, 0.4) is 0 Å². The molecule has 0 aromatic heterocycles. The van der Waals surface area contributed by atoms with Crippen LogP contribution in [-0.2, 0) is 4.74 Å². The lowest BCUT2D eigenvalue weighted by atomic mass is 10.2. The minimum Gasteiger partial charge on any atom is -0.376 e. The van der Waals surface area contributed by atoms with Crippen LogP contribution in [0.2, 0.25) is 0 Å². The normalized spacial score (nSPS) is 22.9. The molecule has 0 saturated carbocycles. The Labute approximate surface area is 105 Å². The van der Waals surface area contributed by atoms with E-state index in [1.54, 1.807) is 0 Å². The highest BCUT2D eigenvalue weighted by Gasteiger charge is 2.19. The third-order valence-corrected chi connectivity index (χ3v) is 3.36. The molecular weight excluding hydrogens is 222 g/mol. The third kappa shape index (κ3) is 5.50. The van der Waals surface area contributed by atoms with Gasteiger partial charge in [-0.2, -0.15) is 0 Å². The summed E-state index contributed by atoms with van der Waals surface area (Å²) in [6.07, 6.45) is 1.42. The Morgan fingerprint density at radius 3 is 3.06 bits per heavy atom. The molecule has 0 bridgehead atoms. The quantitative estimate of drug-likeness (QED) is 0.640. The number of hydrogen-bond acceptors (Lipinski definition) is 5. The highest BCUT2D eigenvalue weighted by Crippen LogP contribution is 2.08. The molecule has 0 radical (unpaired) electrons. The second kappa shape index (κ2) is 8.31. The van der Waals surface area contributed by atoms with Gasteiger partial charge in [0.2, 0.25) is 0 Å². The molecule has 5 heteroatoms. The van der Waals surface area contributed by atoms with Gasteiger partial charge in [0.1, 0.15) is 0 Å². The summed E-state index contributed by atoms with van der Waals surface area (Å²) in [6.45, 7) is 9.53. The van der Waals surface area contributed by atoms with Gasteiger partial charge < -0.3 is 9.64 Å². The molecule has 1 heterocycles. The first-order chi connectivity index (χ1) is 7.76. The molecule has 0 unspecified atom stereocenters. The molecule has 1 rings (SSSR count). The van der Waals surface area contributed by atoms with E-state index in [1.807, 2.05) is 0 Å². The van der Waals surface area contributed by atoms with E-state index in [2.05, 4.69) is 41.3 Å². The van der Waals surface area contributed by atoms with Crippen molar-refractivity contribution in [2.24, 2.45) is 0 Å². The molecule has 96 valence electrons. The fourth-order valence-corrected chi connectivity index (χ4v) is 1.98. The summed E-state index contributed by atoms with van der Waals surface area (Å²) in [5.41, 5.74) is 0. The van der Waals surface area contributed by atoms with E-state index in [-0.39, 0.29) is 0 Å². The SMILES string of the molecule is CCN(C)CCN1CCO[C@@H](CCNS)C1. The van der Waals surface area contributed by atoms with E-state index in [0.717, 1.165) is 52.3 Å². The molecule has 0 aliphatic carbocycles. The van der Waals surface area contributed by atoms with Gasteiger partial charge in [0, 0.05) is 32.7 Å². The predicted octanol–water partition coefficient (Wildman–Crippen LogP) is 0.463. The van der Waals surface area contributed by atoms with Crippen molar-refractivity contribution in [3.8, 4) is 0 Å². The first-order valence-electron chi connectivity index (χ1n) is 6.15. The Morgan fingerprint density at radius 2 is 2.38 bits per heavy atom. The second-order valence-electron chi connectivity index (χ2n) is 4.39. The maximum atomic E-state index is 5.71. The number of nitrogens with zero attached hydrogens (tertiary/aromatic N) is 2. The van der Waals surface area contributed by atoms with E-state index >= 15 is 0 Å². The van der Waals surface area contributed by atoms with Gasteiger partial charge >= 0.3 is 0 Å². The van der Waals surface area contributed by atoms with E-state index < -0.39 is 0 Å². The number of nitrogens with one attached hydrogen (secondary N) is 1. The van der Waals surface area contributed by atoms with Crippen LogP contribution in [-0.4, -0.2) is 68.8 Å². The van der Waals surface area contributed by atoms with E-state index in [1.165, 1.54) is 0 Å². The van der Waals surface area contributed by atoms with Crippen molar-refractivity contribution in [3.05, 3.63) is 0 Å². The average Bonchev–Trinajstić information content (AvgIpc) is 2.34. The molecule has 1 atom stereocenters. The second-order valence-corrected chi connectivity index (χ2v) is 4.70. The van der Waals surface area contributed by atoms with Crippen molar-refractivity contribution < 1.29 is 4.74 Å². The van der Waals surface area contributed by atoms with Gasteiger partial charge in [0.15, 0.2) is 0 Å². The zero-order chi connectivity index (χ0) is 11.8. The lowest BCUT2D eigenvalue weighted by Crippen LogP contribution is -2.45. The Morgan fingerprint density at radius 1 is 1.56 bits per heavy atom. The van der Waals surface area contributed by atoms with Gasteiger partial charge in [0.25, 0.3) is 0 Å². The van der Waals surface area contributed by atoms with Crippen LogP contribution in [0.15, 0.2) is 0 Å². The number of ether oxygens (including phenoxy) is 1. The Bertz CT molecular complexity index is 183. The molecule has 0 aromatic carbocycles. The van der Waals surface area contributed by atoms with Crippen LogP contribution >= 0.6 is 12.8 Å². The number of likely N-dealkylation sites (N-methyl/N-ethyl adjacent to an activating group) is 1. The first kappa shape index (κ1) is 14.3. The van der Waals surface area contributed by atoms with Crippen LogP contribution < -0.4 is 4.72 Å². The summed E-state index contributed by atoms with van der Waals surface area (Å²) in [5.74, 6) is 0. The maximum Gasteiger partial charge on any atom is 0.0715 e. The molecule has 0 spiro atoms. The average molecular weight is 247 g/mol. The highest BCUT2D eigenvalue weighted by molar-refractivity contribution is 7.78. The smallest absolute Gasteiger partial charge is 0.0715 e. The lowest BCUT2D eigenvalue weighted by Gasteiger charge is -2.33. The van der Waals surface area contributed by atoms with Gasteiger partial charge in [-0.15, -0.1) is 0 Å². The molecular formula is C11H25N3OS. The maximum absolute atomic E-state index is 5.71. The lowest BCUT2D eigenvalue weighted by molar-refractivity contribution is -0.0324. The summed E-state index contributed by atoms with van der Waals surface area (Å²) < 4.78 is 8.59. The van der Waals surface area contributed by atoms with Gasteiger partial charge in [-0.25, -0.2) is 0 Å². The monoisotopic (exact) mass is 247 g/mol. The molecule has 0 aromatic rings. The van der Waals surface area contributed by atoms with Crippen LogP contribution in [0.1, 0.15) is 13.3 Å². The highest BCUT2D eigenvalue weighted by atomic mass is 32.1. The fraction of sp³-hybridized carbons (Fsp3) is 1.00. The van der Waals surface area contributed by atoms with Crippen molar-refractivity contribution >= 4 is 12.8 Å². The Hall–Kier alpha value is 0.190. The molecule has 1 fully saturated rings. The van der Waals surface area contributed by atoms with Crippen LogP contribution in [0.5, 0.6) is 0 Å². The Kier molecular flexibility index (Phi) is 7.40. The molecule has 0 amide bonds. The zero-order valence-electron chi connectivity index (χ0n) is 10.5. The molecule has 1 N–H and O–H groups in total. The standard InChI is InChI=1S/C11H25N3OS/c1-3-13(2)6-7-14-8-9-15-11(10-14)4-5-12-16/h11-12,16H,3-10H2,1-2H3/t11-/m0/s1. The predicted molar refractivity (Wildman–Crippen MR) is 71.0 cm³/mol. The van der Waals surface area contributed by atoms with Crippen molar-refractivity contribution in [1.82, 2.24) is 14.5 Å². The third-order valence-electron chi connectivity index (χ3n) is 3.14. The van der Waals surface area contributed by atoms with Crippen molar-refractivity contribution in [1.29, 1.82) is 0 Å². The number of hydrogen-bond donors (Lipinski definition) is 2. The number of rotatable bonds is 7. The topological polar surface area (TPSA) is 27.7 Å². The zero-order valence-corrected chi connectivity index (χ0v) is 11.4. The van der Waals surface area contributed by atoms with Crippen molar-refractivity contribution in [2.45, 2.75) is 19.4 Å². The summed E-state index contributed by atoms with van der Waals surface area (Å²) in [4.78, 5) is 4.85. The minimum absolute atomic E-state index is 0.375. The molecule has 1 aliphatic rings.